The molecule has 3 heteroatoms. The van der Waals surface area contributed by atoms with Crippen LogP contribution in [-0.4, -0.2) is 24.4 Å². The quantitative estimate of drug-likeness (QED) is 0.495. The molecule has 0 spiro atoms. The zero-order valence-corrected chi connectivity index (χ0v) is 7.37. The summed E-state index contributed by atoms with van der Waals surface area (Å²) in [4.78, 5) is 4.06. The highest BCUT2D eigenvalue weighted by Crippen LogP contribution is 1.96. The first-order valence-electron chi connectivity index (χ1n) is 3.27. The van der Waals surface area contributed by atoms with Crippen LogP contribution in [-0.2, 0) is 0 Å². The maximum Gasteiger partial charge on any atom is 0.0866 e. The van der Waals surface area contributed by atoms with Crippen LogP contribution in [0.2, 0.25) is 0 Å². The summed E-state index contributed by atoms with van der Waals surface area (Å²) in [5.74, 6) is 0. The molecule has 58 valence electrons. The molecule has 0 aromatic carbocycles. The Bertz CT molecular complexity index is 121. The molecule has 0 radical (unpaired) electrons. The number of nitrogens with zero attached hydrogens (tertiary/aromatic N) is 1. The highest BCUT2D eigenvalue weighted by atomic mass is 32.2. The van der Waals surface area contributed by atoms with E-state index in [-0.39, 0.29) is 0 Å². The van der Waals surface area contributed by atoms with Crippen LogP contribution in [0.5, 0.6) is 0 Å². The Balaban J connectivity index is 3.59. The summed E-state index contributed by atoms with van der Waals surface area (Å²) in [5.41, 5.74) is 0. The van der Waals surface area contributed by atoms with Crippen molar-refractivity contribution in [3.63, 3.8) is 0 Å². The summed E-state index contributed by atoms with van der Waals surface area (Å²) >= 11 is 1.65. The van der Waals surface area contributed by atoms with Crippen molar-refractivity contribution < 1.29 is 0 Å². The molecule has 0 aromatic rings. The SMILES string of the molecule is C=CN=C(CNCC)SC. The number of thioether (sulfide) groups is 1. The maximum atomic E-state index is 4.06. The highest BCUT2D eigenvalue weighted by Gasteiger charge is 1.91. The molecule has 0 unspecified atom stereocenters. The van der Waals surface area contributed by atoms with E-state index in [1.807, 2.05) is 6.26 Å². The average molecular weight is 158 g/mol. The van der Waals surface area contributed by atoms with Gasteiger partial charge < -0.3 is 5.32 Å². The van der Waals surface area contributed by atoms with Crippen LogP contribution in [0.1, 0.15) is 6.92 Å². The minimum atomic E-state index is 0.851. The van der Waals surface area contributed by atoms with Gasteiger partial charge >= 0.3 is 0 Å². The molecular weight excluding hydrogens is 144 g/mol. The maximum absolute atomic E-state index is 4.06. The number of hydrogen-bond acceptors (Lipinski definition) is 3. The summed E-state index contributed by atoms with van der Waals surface area (Å²) in [6.07, 6.45) is 3.59. The van der Waals surface area contributed by atoms with E-state index >= 15 is 0 Å². The van der Waals surface area contributed by atoms with Crippen molar-refractivity contribution in [1.82, 2.24) is 5.32 Å². The van der Waals surface area contributed by atoms with Gasteiger partial charge in [-0.2, -0.15) is 0 Å². The van der Waals surface area contributed by atoms with Gasteiger partial charge in [-0.3, -0.25) is 4.99 Å². The van der Waals surface area contributed by atoms with Gasteiger partial charge in [-0.25, -0.2) is 0 Å². The van der Waals surface area contributed by atoms with Crippen molar-refractivity contribution >= 4 is 16.8 Å². The molecule has 0 bridgehead atoms. The van der Waals surface area contributed by atoms with Gasteiger partial charge in [0.15, 0.2) is 0 Å². The monoisotopic (exact) mass is 158 g/mol. The van der Waals surface area contributed by atoms with Gasteiger partial charge in [0, 0.05) is 12.7 Å². The molecule has 2 nitrogen and oxygen atoms in total. The van der Waals surface area contributed by atoms with E-state index in [4.69, 9.17) is 0 Å². The third-order valence-electron chi connectivity index (χ3n) is 0.997. The van der Waals surface area contributed by atoms with Gasteiger partial charge in [-0.1, -0.05) is 13.5 Å². The summed E-state index contributed by atoms with van der Waals surface area (Å²) in [7, 11) is 0. The van der Waals surface area contributed by atoms with Crippen molar-refractivity contribution in [1.29, 1.82) is 0 Å². The van der Waals surface area contributed by atoms with E-state index in [1.54, 1.807) is 18.0 Å². The second-order valence-corrected chi connectivity index (χ2v) is 2.57. The van der Waals surface area contributed by atoms with Crippen LogP contribution in [0, 0.1) is 0 Å². The van der Waals surface area contributed by atoms with E-state index in [0.717, 1.165) is 18.1 Å². The Morgan fingerprint density at radius 3 is 2.90 bits per heavy atom. The van der Waals surface area contributed by atoms with E-state index in [9.17, 15) is 0 Å². The minimum absolute atomic E-state index is 0.851. The van der Waals surface area contributed by atoms with E-state index in [1.165, 1.54) is 0 Å². The molecular formula is C7H14N2S. The Labute approximate surface area is 66.8 Å². The summed E-state index contributed by atoms with van der Waals surface area (Å²) in [6.45, 7) is 7.44. The third kappa shape index (κ3) is 4.58. The lowest BCUT2D eigenvalue weighted by molar-refractivity contribution is 0.822. The Hall–Kier alpha value is -0.280. The summed E-state index contributed by atoms with van der Waals surface area (Å²) in [5, 5.41) is 4.27. The molecule has 0 rings (SSSR count). The van der Waals surface area contributed by atoms with Crippen LogP contribution in [0.3, 0.4) is 0 Å². The van der Waals surface area contributed by atoms with Crippen LogP contribution < -0.4 is 5.32 Å². The summed E-state index contributed by atoms with van der Waals surface area (Å²) in [6, 6.07) is 0. The molecule has 10 heavy (non-hydrogen) atoms. The normalized spacial score (nSPS) is 11.6. The molecule has 0 aromatic heterocycles. The molecule has 0 saturated carbocycles. The molecule has 1 N–H and O–H groups in total. The second kappa shape index (κ2) is 6.83. The second-order valence-electron chi connectivity index (χ2n) is 1.69. The molecule has 0 atom stereocenters. The zero-order chi connectivity index (χ0) is 7.82. The van der Waals surface area contributed by atoms with E-state index in [2.05, 4.69) is 23.8 Å². The number of rotatable bonds is 4. The number of nitrogens with one attached hydrogen (secondary N) is 1. The molecule has 0 saturated heterocycles. The lowest BCUT2D eigenvalue weighted by Gasteiger charge is -2.00. The van der Waals surface area contributed by atoms with Crippen LogP contribution in [0.15, 0.2) is 17.8 Å². The largest absolute Gasteiger partial charge is 0.311 e. The van der Waals surface area contributed by atoms with Gasteiger partial charge in [0.05, 0.1) is 5.04 Å². The van der Waals surface area contributed by atoms with E-state index < -0.39 is 0 Å². The van der Waals surface area contributed by atoms with E-state index in [0.29, 0.717) is 0 Å². The standard InChI is InChI=1S/C7H14N2S/c1-4-8-6-7(10-3)9-5-2/h5,8H,2,4,6H2,1,3H3. The fraction of sp³-hybridized carbons (Fsp3) is 0.571. The van der Waals surface area contributed by atoms with Gasteiger partial charge in [0.1, 0.15) is 0 Å². The van der Waals surface area contributed by atoms with Crippen molar-refractivity contribution in [2.45, 2.75) is 6.92 Å². The molecule has 0 aliphatic heterocycles. The smallest absolute Gasteiger partial charge is 0.0866 e. The van der Waals surface area contributed by atoms with Crippen LogP contribution in [0.4, 0.5) is 0 Å². The Kier molecular flexibility index (Phi) is 6.64. The molecule has 0 fully saturated rings. The lowest BCUT2D eigenvalue weighted by atomic mass is 10.6. The Morgan fingerprint density at radius 2 is 2.50 bits per heavy atom. The molecule has 0 amide bonds. The van der Waals surface area contributed by atoms with Crippen molar-refractivity contribution in [2.75, 3.05) is 19.3 Å². The van der Waals surface area contributed by atoms with Crippen molar-refractivity contribution in [2.24, 2.45) is 4.99 Å². The Morgan fingerprint density at radius 1 is 1.80 bits per heavy atom. The fourth-order valence-electron chi connectivity index (χ4n) is 0.504. The predicted molar refractivity (Wildman–Crippen MR) is 49.7 cm³/mol. The fourth-order valence-corrected chi connectivity index (χ4v) is 0.931. The molecule has 0 aliphatic rings. The van der Waals surface area contributed by atoms with Crippen LogP contribution in [0.25, 0.3) is 0 Å². The third-order valence-corrected chi connectivity index (χ3v) is 1.72. The van der Waals surface area contributed by atoms with Crippen molar-refractivity contribution in [3.05, 3.63) is 12.8 Å². The molecule has 0 heterocycles. The first-order valence-corrected chi connectivity index (χ1v) is 4.49. The first-order chi connectivity index (χ1) is 4.85. The topological polar surface area (TPSA) is 24.4 Å². The van der Waals surface area contributed by atoms with Gasteiger partial charge in [-0.05, 0) is 12.8 Å². The number of aliphatic imine (C=N–C) groups is 1. The lowest BCUT2D eigenvalue weighted by Crippen LogP contribution is -2.20. The van der Waals surface area contributed by atoms with Crippen molar-refractivity contribution in [3.8, 4) is 0 Å². The van der Waals surface area contributed by atoms with Gasteiger partial charge in [0.2, 0.25) is 0 Å². The highest BCUT2D eigenvalue weighted by molar-refractivity contribution is 8.13. The van der Waals surface area contributed by atoms with Gasteiger partial charge in [0.25, 0.3) is 0 Å². The number of hydrogen-bond donors (Lipinski definition) is 1. The van der Waals surface area contributed by atoms with Crippen LogP contribution >= 0.6 is 11.8 Å². The minimum Gasteiger partial charge on any atom is -0.311 e. The van der Waals surface area contributed by atoms with Gasteiger partial charge in [-0.15, -0.1) is 11.8 Å². The zero-order valence-electron chi connectivity index (χ0n) is 6.55. The molecule has 0 aliphatic carbocycles. The predicted octanol–water partition coefficient (Wildman–Crippen LogP) is 1.50. The average Bonchev–Trinajstić information content (AvgIpc) is 1.98. The first kappa shape index (κ1) is 9.72. The summed E-state index contributed by atoms with van der Waals surface area (Å²) < 4.78 is 0.